The summed E-state index contributed by atoms with van der Waals surface area (Å²) >= 11 is 3.83. The molecule has 3 aromatic carbocycles. The van der Waals surface area contributed by atoms with E-state index in [4.69, 9.17) is 8.92 Å². The minimum atomic E-state index is -2.27. The smallest absolute Gasteiger partial charge is 0.255 e. The molecule has 0 aliphatic carbocycles. The second-order valence-electron chi connectivity index (χ2n) is 7.07. The Hall–Kier alpha value is -3.05. The number of methoxy groups -OCH3 is 1. The molecule has 0 saturated heterocycles. The van der Waals surface area contributed by atoms with Gasteiger partial charge in [-0.1, -0.05) is 15.9 Å². The van der Waals surface area contributed by atoms with E-state index in [9.17, 15) is 26.7 Å². The zero-order chi connectivity index (χ0) is 24.7. The van der Waals surface area contributed by atoms with E-state index in [-0.39, 0.29) is 5.56 Å². The Kier molecular flexibility index (Phi) is 6.59. The summed E-state index contributed by atoms with van der Waals surface area (Å²) in [4.78, 5) is 13.0. The van der Waals surface area contributed by atoms with Gasteiger partial charge in [0, 0.05) is 20.8 Å². The summed E-state index contributed by atoms with van der Waals surface area (Å²) in [5.41, 5.74) is 1.53. The second-order valence-corrected chi connectivity index (χ2v) is 8.73. The van der Waals surface area contributed by atoms with Gasteiger partial charge < -0.3 is 8.92 Å². The number of fused-ring (bicyclic) bond motifs is 1. The molecule has 0 unspecified atom stereocenters. The molecule has 34 heavy (non-hydrogen) atoms. The standard InChI is InChI=1S/C23H13BrF5NO3S/c1-10-7-15(16(32-2)9-13(10)24)30-14-5-4-12(8-11(14)3-6-17(30)31)34-33-23-21(28)19(26)18(25)20(27)22(23)29/h3-9H,1-2H3. The maximum Gasteiger partial charge on any atom is 0.255 e. The summed E-state index contributed by atoms with van der Waals surface area (Å²) in [6, 6.07) is 11.0. The minimum Gasteiger partial charge on any atom is -0.495 e. The van der Waals surface area contributed by atoms with Crippen molar-refractivity contribution in [2.45, 2.75) is 11.8 Å². The molecule has 4 aromatic rings. The maximum atomic E-state index is 13.9. The number of aromatic nitrogens is 1. The quantitative estimate of drug-likeness (QED) is 0.116. The summed E-state index contributed by atoms with van der Waals surface area (Å²) in [6.07, 6.45) is 0. The predicted molar refractivity (Wildman–Crippen MR) is 121 cm³/mol. The summed E-state index contributed by atoms with van der Waals surface area (Å²) in [5.74, 6) is -11.6. The Morgan fingerprint density at radius 1 is 0.882 bits per heavy atom. The number of benzene rings is 3. The molecule has 4 nitrogen and oxygen atoms in total. The van der Waals surface area contributed by atoms with E-state index in [1.807, 2.05) is 6.92 Å². The third-order valence-electron chi connectivity index (χ3n) is 4.96. The number of ether oxygens (including phenoxy) is 1. The van der Waals surface area contributed by atoms with Crippen LogP contribution in [0.25, 0.3) is 16.6 Å². The van der Waals surface area contributed by atoms with Crippen LogP contribution in [0.5, 0.6) is 11.5 Å². The molecule has 4 rings (SSSR count). The van der Waals surface area contributed by atoms with E-state index in [1.165, 1.54) is 29.9 Å². The number of halogens is 6. The van der Waals surface area contributed by atoms with Gasteiger partial charge in [0.05, 0.1) is 30.4 Å². The van der Waals surface area contributed by atoms with Crippen LogP contribution in [0.1, 0.15) is 5.56 Å². The number of pyridine rings is 1. The Morgan fingerprint density at radius 2 is 1.53 bits per heavy atom. The van der Waals surface area contributed by atoms with Crippen LogP contribution in [0.15, 0.2) is 56.6 Å². The van der Waals surface area contributed by atoms with E-state index in [0.717, 1.165) is 10.0 Å². The van der Waals surface area contributed by atoms with Crippen molar-refractivity contribution in [3.8, 4) is 17.2 Å². The van der Waals surface area contributed by atoms with Crippen LogP contribution in [0.2, 0.25) is 0 Å². The number of hydrogen-bond acceptors (Lipinski definition) is 4. The summed E-state index contributed by atoms with van der Waals surface area (Å²) in [7, 11) is 1.47. The fourth-order valence-corrected chi connectivity index (χ4v) is 4.21. The number of rotatable bonds is 5. The van der Waals surface area contributed by atoms with Gasteiger partial charge in [0.25, 0.3) is 5.56 Å². The van der Waals surface area contributed by atoms with Crippen LogP contribution in [0.4, 0.5) is 22.0 Å². The van der Waals surface area contributed by atoms with Gasteiger partial charge in [0.2, 0.25) is 34.8 Å². The Bertz CT molecular complexity index is 1480. The lowest BCUT2D eigenvalue weighted by molar-refractivity contribution is 0.355. The van der Waals surface area contributed by atoms with Crippen molar-refractivity contribution in [3.63, 3.8) is 0 Å². The van der Waals surface area contributed by atoms with E-state index < -0.39 is 34.8 Å². The highest BCUT2D eigenvalue weighted by molar-refractivity contribution is 9.10. The molecule has 0 N–H and O–H groups in total. The molecule has 176 valence electrons. The summed E-state index contributed by atoms with van der Waals surface area (Å²) < 4.78 is 80.3. The van der Waals surface area contributed by atoms with E-state index in [2.05, 4.69) is 15.9 Å². The lowest BCUT2D eigenvalue weighted by atomic mass is 10.1. The average molecular weight is 558 g/mol. The van der Waals surface area contributed by atoms with Crippen LogP contribution < -0.4 is 14.5 Å². The second kappa shape index (κ2) is 9.30. The third kappa shape index (κ3) is 4.14. The molecule has 0 atom stereocenters. The molecule has 0 saturated carbocycles. The van der Waals surface area contributed by atoms with Gasteiger partial charge in [-0.3, -0.25) is 9.36 Å². The largest absolute Gasteiger partial charge is 0.495 e. The van der Waals surface area contributed by atoms with Gasteiger partial charge in [-0.15, -0.1) is 0 Å². The molecule has 0 spiro atoms. The fourth-order valence-electron chi connectivity index (χ4n) is 3.26. The zero-order valence-corrected chi connectivity index (χ0v) is 19.8. The first kappa shape index (κ1) is 24.1. The molecule has 11 heteroatoms. The number of hydrogen-bond donors (Lipinski definition) is 0. The van der Waals surface area contributed by atoms with Gasteiger partial charge >= 0.3 is 0 Å². The van der Waals surface area contributed by atoms with Crippen molar-refractivity contribution in [1.82, 2.24) is 4.57 Å². The van der Waals surface area contributed by atoms with Gasteiger partial charge in [0.1, 0.15) is 5.75 Å². The summed E-state index contributed by atoms with van der Waals surface area (Å²) in [5, 5.41) is 0.549. The Balaban J connectivity index is 1.75. The molecule has 0 amide bonds. The highest BCUT2D eigenvalue weighted by Gasteiger charge is 2.27. The van der Waals surface area contributed by atoms with Crippen molar-refractivity contribution < 1.29 is 30.9 Å². The van der Waals surface area contributed by atoms with Crippen molar-refractivity contribution in [1.29, 1.82) is 0 Å². The molecule has 0 aliphatic rings. The first-order chi connectivity index (χ1) is 16.1. The van der Waals surface area contributed by atoms with Crippen LogP contribution >= 0.6 is 28.0 Å². The third-order valence-corrected chi connectivity index (χ3v) is 6.51. The molecular formula is C23H13BrF5NO3S. The molecule has 0 bridgehead atoms. The number of nitrogens with zero attached hydrogens (tertiary/aromatic N) is 1. The van der Waals surface area contributed by atoms with E-state index in [1.54, 1.807) is 24.3 Å². The highest BCUT2D eigenvalue weighted by Crippen LogP contribution is 2.35. The van der Waals surface area contributed by atoms with Crippen LogP contribution in [-0.4, -0.2) is 11.7 Å². The minimum absolute atomic E-state index is 0.292. The Labute approximate surface area is 202 Å². The van der Waals surface area contributed by atoms with Gasteiger partial charge in [-0.25, -0.2) is 13.2 Å². The zero-order valence-electron chi connectivity index (χ0n) is 17.4. The normalized spacial score (nSPS) is 11.2. The molecule has 1 aromatic heterocycles. The lowest BCUT2D eigenvalue weighted by Gasteiger charge is -2.16. The first-order valence-electron chi connectivity index (χ1n) is 9.50. The topological polar surface area (TPSA) is 40.5 Å². The van der Waals surface area contributed by atoms with Crippen molar-refractivity contribution in [2.75, 3.05) is 7.11 Å². The van der Waals surface area contributed by atoms with Crippen molar-refractivity contribution >= 4 is 38.9 Å². The van der Waals surface area contributed by atoms with Gasteiger partial charge in [0.15, 0.2) is 0 Å². The van der Waals surface area contributed by atoms with Crippen molar-refractivity contribution in [3.05, 3.63) is 91.9 Å². The van der Waals surface area contributed by atoms with Crippen LogP contribution in [-0.2, 0) is 0 Å². The van der Waals surface area contributed by atoms with Crippen LogP contribution in [0.3, 0.4) is 0 Å². The Morgan fingerprint density at radius 3 is 2.18 bits per heavy atom. The molecule has 0 fully saturated rings. The fraction of sp³-hybridized carbons (Fsp3) is 0.0870. The highest BCUT2D eigenvalue weighted by atomic mass is 79.9. The van der Waals surface area contributed by atoms with Crippen LogP contribution in [0, 0.1) is 36.0 Å². The molecule has 0 aliphatic heterocycles. The molecular weight excluding hydrogens is 545 g/mol. The molecule has 1 heterocycles. The van der Waals surface area contributed by atoms with Gasteiger partial charge in [-0.2, -0.15) is 8.78 Å². The lowest BCUT2D eigenvalue weighted by Crippen LogP contribution is -2.18. The number of aryl methyl sites for hydroxylation is 1. The average Bonchev–Trinajstić information content (AvgIpc) is 2.83. The van der Waals surface area contributed by atoms with Gasteiger partial charge in [-0.05, 0) is 48.9 Å². The van der Waals surface area contributed by atoms with E-state index in [0.29, 0.717) is 39.3 Å². The monoisotopic (exact) mass is 557 g/mol. The van der Waals surface area contributed by atoms with E-state index >= 15 is 0 Å². The first-order valence-corrected chi connectivity index (χ1v) is 11.0. The predicted octanol–water partition coefficient (Wildman–Crippen LogP) is 6.85. The molecule has 0 radical (unpaired) electrons. The summed E-state index contributed by atoms with van der Waals surface area (Å²) in [6.45, 7) is 1.86. The SMILES string of the molecule is COc1cc(Br)c(C)cc1-n1c(=O)ccc2cc(SOc3c(F)c(F)c(F)c(F)c3F)ccc21. The maximum absolute atomic E-state index is 13.9. The van der Waals surface area contributed by atoms with Crippen molar-refractivity contribution in [2.24, 2.45) is 0 Å².